The number of aryl methyl sites for hydroxylation is 1. The normalized spacial score (nSPS) is 10.2. The first-order chi connectivity index (χ1) is 8.08. The molecule has 0 radical (unpaired) electrons. The highest BCUT2D eigenvalue weighted by Gasteiger charge is 2.13. The zero-order valence-corrected chi connectivity index (χ0v) is 9.12. The number of anilines is 2. The van der Waals surface area contributed by atoms with Crippen molar-refractivity contribution in [3.05, 3.63) is 41.3 Å². The summed E-state index contributed by atoms with van der Waals surface area (Å²) >= 11 is 0. The number of rotatable bonds is 2. The van der Waals surface area contributed by atoms with Crippen LogP contribution in [0.4, 0.5) is 15.9 Å². The number of hydrogen-bond donors (Lipinski definition) is 3. The van der Waals surface area contributed by atoms with Gasteiger partial charge >= 0.3 is 0 Å². The van der Waals surface area contributed by atoms with Crippen molar-refractivity contribution in [3.8, 4) is 0 Å². The third-order valence-electron chi connectivity index (χ3n) is 2.28. The zero-order valence-electron chi connectivity index (χ0n) is 9.12. The summed E-state index contributed by atoms with van der Waals surface area (Å²) in [5, 5.41) is 8.60. The zero-order chi connectivity index (χ0) is 12.4. The molecule has 0 spiro atoms. The molecular formula is C11H11FN4O. The molecule has 88 valence electrons. The van der Waals surface area contributed by atoms with E-state index in [0.717, 1.165) is 5.56 Å². The maximum absolute atomic E-state index is 13.5. The molecule has 0 saturated heterocycles. The second-order valence-electron chi connectivity index (χ2n) is 3.64. The molecule has 1 heterocycles. The number of aromatic amines is 1. The van der Waals surface area contributed by atoms with E-state index < -0.39 is 11.7 Å². The Hall–Kier alpha value is -2.37. The quantitative estimate of drug-likeness (QED) is 0.739. The van der Waals surface area contributed by atoms with Crippen molar-refractivity contribution in [2.24, 2.45) is 0 Å². The number of nitrogen functional groups attached to an aromatic ring is 1. The molecule has 2 rings (SSSR count). The summed E-state index contributed by atoms with van der Waals surface area (Å²) in [4.78, 5) is 11.7. The number of hydrogen-bond acceptors (Lipinski definition) is 3. The minimum absolute atomic E-state index is 0.0374. The van der Waals surface area contributed by atoms with Crippen molar-refractivity contribution in [1.29, 1.82) is 0 Å². The smallest absolute Gasteiger partial charge is 0.259 e. The monoisotopic (exact) mass is 234 g/mol. The molecule has 6 heteroatoms. The maximum atomic E-state index is 13.5. The summed E-state index contributed by atoms with van der Waals surface area (Å²) in [6.45, 7) is 1.75. The van der Waals surface area contributed by atoms with Crippen LogP contribution in [0.1, 0.15) is 15.9 Å². The summed E-state index contributed by atoms with van der Waals surface area (Å²) in [6.07, 6.45) is 1.36. The number of nitrogens with two attached hydrogens (primary N) is 1. The van der Waals surface area contributed by atoms with Gasteiger partial charge in [0, 0.05) is 0 Å². The molecule has 1 aromatic heterocycles. The second kappa shape index (κ2) is 4.25. The van der Waals surface area contributed by atoms with Crippen molar-refractivity contribution in [2.75, 3.05) is 11.1 Å². The SMILES string of the molecule is Cc1ccc(C(=O)Nc2[nH]ncc2N)c(F)c1. The van der Waals surface area contributed by atoms with Gasteiger partial charge in [0.05, 0.1) is 17.4 Å². The van der Waals surface area contributed by atoms with Gasteiger partial charge < -0.3 is 11.1 Å². The fraction of sp³-hybridized carbons (Fsp3) is 0.0909. The Kier molecular flexibility index (Phi) is 2.78. The second-order valence-corrected chi connectivity index (χ2v) is 3.64. The minimum Gasteiger partial charge on any atom is -0.394 e. The van der Waals surface area contributed by atoms with E-state index in [1.807, 2.05) is 0 Å². The molecule has 0 aliphatic rings. The number of amides is 1. The maximum Gasteiger partial charge on any atom is 0.259 e. The van der Waals surface area contributed by atoms with Gasteiger partial charge in [0.15, 0.2) is 5.82 Å². The number of H-pyrrole nitrogens is 1. The average molecular weight is 234 g/mol. The highest BCUT2D eigenvalue weighted by atomic mass is 19.1. The molecular weight excluding hydrogens is 223 g/mol. The molecule has 17 heavy (non-hydrogen) atoms. The first kappa shape index (κ1) is 11.1. The van der Waals surface area contributed by atoms with E-state index in [-0.39, 0.29) is 11.4 Å². The molecule has 0 fully saturated rings. The Labute approximate surface area is 96.8 Å². The molecule has 5 nitrogen and oxygen atoms in total. The van der Waals surface area contributed by atoms with Crippen LogP contribution in [0.2, 0.25) is 0 Å². The Morgan fingerprint density at radius 1 is 1.53 bits per heavy atom. The number of aromatic nitrogens is 2. The summed E-state index contributed by atoms with van der Waals surface area (Å²) in [7, 11) is 0. The third-order valence-corrected chi connectivity index (χ3v) is 2.28. The molecule has 0 aliphatic heterocycles. The molecule has 1 amide bonds. The van der Waals surface area contributed by atoms with Gasteiger partial charge in [-0.05, 0) is 24.6 Å². The van der Waals surface area contributed by atoms with Crippen molar-refractivity contribution in [1.82, 2.24) is 10.2 Å². The summed E-state index contributed by atoms with van der Waals surface area (Å²) in [5.41, 5.74) is 6.54. The van der Waals surface area contributed by atoms with Crippen molar-refractivity contribution < 1.29 is 9.18 Å². The van der Waals surface area contributed by atoms with Gasteiger partial charge in [0.2, 0.25) is 0 Å². The van der Waals surface area contributed by atoms with Crippen molar-refractivity contribution in [2.45, 2.75) is 6.92 Å². The molecule has 0 aliphatic carbocycles. The molecule has 1 aromatic carbocycles. The largest absolute Gasteiger partial charge is 0.394 e. The van der Waals surface area contributed by atoms with Crippen molar-refractivity contribution >= 4 is 17.4 Å². The van der Waals surface area contributed by atoms with E-state index >= 15 is 0 Å². The van der Waals surface area contributed by atoms with E-state index in [1.165, 1.54) is 18.3 Å². The molecule has 0 unspecified atom stereocenters. The fourth-order valence-electron chi connectivity index (χ4n) is 1.38. The lowest BCUT2D eigenvalue weighted by atomic mass is 10.1. The van der Waals surface area contributed by atoms with Crippen LogP contribution < -0.4 is 11.1 Å². The Balaban J connectivity index is 2.23. The van der Waals surface area contributed by atoms with Gasteiger partial charge in [0.25, 0.3) is 5.91 Å². The van der Waals surface area contributed by atoms with Crippen LogP contribution >= 0.6 is 0 Å². The van der Waals surface area contributed by atoms with Crippen molar-refractivity contribution in [3.63, 3.8) is 0 Å². The summed E-state index contributed by atoms with van der Waals surface area (Å²) in [6, 6.07) is 4.38. The van der Waals surface area contributed by atoms with E-state index in [2.05, 4.69) is 15.5 Å². The average Bonchev–Trinajstić information content (AvgIpc) is 2.64. The third kappa shape index (κ3) is 2.25. The topological polar surface area (TPSA) is 83.8 Å². The van der Waals surface area contributed by atoms with E-state index in [4.69, 9.17) is 5.73 Å². The van der Waals surface area contributed by atoms with E-state index in [0.29, 0.717) is 5.69 Å². The predicted octanol–water partition coefficient (Wildman–Crippen LogP) is 1.69. The van der Waals surface area contributed by atoms with E-state index in [9.17, 15) is 9.18 Å². The number of halogens is 1. The summed E-state index contributed by atoms with van der Waals surface area (Å²) in [5.74, 6) is -0.881. The van der Waals surface area contributed by atoms with E-state index in [1.54, 1.807) is 13.0 Å². The lowest BCUT2D eigenvalue weighted by Gasteiger charge is -2.05. The molecule has 2 aromatic rings. The lowest BCUT2D eigenvalue weighted by Crippen LogP contribution is -2.15. The lowest BCUT2D eigenvalue weighted by molar-refractivity contribution is 0.102. The molecule has 4 N–H and O–H groups in total. The number of nitrogens with zero attached hydrogens (tertiary/aromatic N) is 1. The van der Waals surface area contributed by atoms with Gasteiger partial charge in [0.1, 0.15) is 5.82 Å². The van der Waals surface area contributed by atoms with Crippen LogP contribution in [0.25, 0.3) is 0 Å². The standard InChI is InChI=1S/C11H11FN4O/c1-6-2-3-7(8(12)4-6)11(17)15-10-9(13)5-14-16-10/h2-5H,13H2,1H3,(H2,14,15,16,17). The number of carbonyl (C=O) groups excluding carboxylic acids is 1. The number of benzene rings is 1. The Bertz CT molecular complexity index is 564. The first-order valence-corrected chi connectivity index (χ1v) is 4.94. The van der Waals surface area contributed by atoms with Crippen LogP contribution in [0.15, 0.2) is 24.4 Å². The highest BCUT2D eigenvalue weighted by Crippen LogP contribution is 2.16. The van der Waals surface area contributed by atoms with Gasteiger partial charge in [-0.3, -0.25) is 9.89 Å². The van der Waals surface area contributed by atoms with Crippen LogP contribution in [-0.2, 0) is 0 Å². The van der Waals surface area contributed by atoms with Crippen LogP contribution in [0, 0.1) is 12.7 Å². The number of nitrogens with one attached hydrogen (secondary N) is 2. The van der Waals surface area contributed by atoms with Crippen LogP contribution in [-0.4, -0.2) is 16.1 Å². The highest BCUT2D eigenvalue weighted by molar-refractivity contribution is 6.05. The van der Waals surface area contributed by atoms with Crippen LogP contribution in [0.3, 0.4) is 0 Å². The Morgan fingerprint density at radius 2 is 2.29 bits per heavy atom. The molecule has 0 saturated carbocycles. The van der Waals surface area contributed by atoms with Gasteiger partial charge in [-0.1, -0.05) is 6.07 Å². The Morgan fingerprint density at radius 3 is 2.88 bits per heavy atom. The van der Waals surface area contributed by atoms with Gasteiger partial charge in [-0.2, -0.15) is 5.10 Å². The minimum atomic E-state index is -0.571. The first-order valence-electron chi connectivity index (χ1n) is 4.94. The molecule has 0 bridgehead atoms. The predicted molar refractivity (Wildman–Crippen MR) is 62.1 cm³/mol. The molecule has 0 atom stereocenters. The van der Waals surface area contributed by atoms with Crippen LogP contribution in [0.5, 0.6) is 0 Å². The summed E-state index contributed by atoms with van der Waals surface area (Å²) < 4.78 is 13.5. The number of carbonyl (C=O) groups is 1. The van der Waals surface area contributed by atoms with Gasteiger partial charge in [-0.15, -0.1) is 0 Å². The van der Waals surface area contributed by atoms with Gasteiger partial charge in [-0.25, -0.2) is 4.39 Å². The fourth-order valence-corrected chi connectivity index (χ4v) is 1.38.